The summed E-state index contributed by atoms with van der Waals surface area (Å²) in [7, 11) is 1.67. The Morgan fingerprint density at radius 1 is 1.04 bits per heavy atom. The van der Waals surface area contributed by atoms with Gasteiger partial charge in [0.2, 0.25) is 0 Å². The molecular formula is C21H22N4O2. The van der Waals surface area contributed by atoms with Crippen molar-refractivity contribution < 1.29 is 9.53 Å². The van der Waals surface area contributed by atoms with Crippen molar-refractivity contribution in [2.24, 2.45) is 0 Å². The molecule has 138 valence electrons. The van der Waals surface area contributed by atoms with Crippen molar-refractivity contribution in [2.75, 3.05) is 19.0 Å². The highest BCUT2D eigenvalue weighted by atomic mass is 16.5. The number of amides is 1. The SMILES string of the molecule is COc1ccccc1CCNc1ccc(C(=O)NCc2ccccn2)nc1. The smallest absolute Gasteiger partial charge is 0.270 e. The van der Waals surface area contributed by atoms with Gasteiger partial charge in [0, 0.05) is 12.7 Å². The Kier molecular flexibility index (Phi) is 6.35. The Labute approximate surface area is 158 Å². The Morgan fingerprint density at radius 3 is 2.63 bits per heavy atom. The second kappa shape index (κ2) is 9.33. The van der Waals surface area contributed by atoms with Crippen LogP contribution in [0.5, 0.6) is 5.75 Å². The molecule has 0 aliphatic heterocycles. The molecule has 2 heterocycles. The highest BCUT2D eigenvalue weighted by Crippen LogP contribution is 2.18. The number of nitrogens with zero attached hydrogens (tertiary/aromatic N) is 2. The van der Waals surface area contributed by atoms with Crippen LogP contribution in [-0.2, 0) is 13.0 Å². The summed E-state index contributed by atoms with van der Waals surface area (Å²) in [6.07, 6.45) is 4.19. The predicted octanol–water partition coefficient (Wildman–Crippen LogP) is 3.07. The Balaban J connectivity index is 1.49. The molecule has 3 aromatic rings. The quantitative estimate of drug-likeness (QED) is 0.644. The average molecular weight is 362 g/mol. The standard InChI is InChI=1S/C21H22N4O2/c1-27-20-8-3-2-6-16(20)11-13-23-18-9-10-19(24-14-18)21(26)25-15-17-7-4-5-12-22-17/h2-10,12,14,23H,11,13,15H2,1H3,(H,25,26). The van der Waals surface area contributed by atoms with Gasteiger partial charge in [0.05, 0.1) is 31.2 Å². The van der Waals surface area contributed by atoms with Crippen LogP contribution in [0.25, 0.3) is 0 Å². The molecule has 2 N–H and O–H groups in total. The van der Waals surface area contributed by atoms with E-state index in [1.807, 2.05) is 48.5 Å². The summed E-state index contributed by atoms with van der Waals surface area (Å²) >= 11 is 0. The first-order chi connectivity index (χ1) is 13.3. The van der Waals surface area contributed by atoms with Crippen LogP contribution in [0.15, 0.2) is 67.0 Å². The zero-order chi connectivity index (χ0) is 18.9. The van der Waals surface area contributed by atoms with E-state index < -0.39 is 0 Å². The lowest BCUT2D eigenvalue weighted by atomic mass is 10.1. The number of para-hydroxylation sites is 1. The number of nitrogens with one attached hydrogen (secondary N) is 2. The largest absolute Gasteiger partial charge is 0.496 e. The number of ether oxygens (including phenoxy) is 1. The van der Waals surface area contributed by atoms with Crippen molar-refractivity contribution in [1.29, 1.82) is 0 Å². The summed E-state index contributed by atoms with van der Waals surface area (Å²) in [6.45, 7) is 1.12. The van der Waals surface area contributed by atoms with Gasteiger partial charge in [-0.2, -0.15) is 0 Å². The molecule has 0 aliphatic carbocycles. The van der Waals surface area contributed by atoms with Crippen molar-refractivity contribution in [3.8, 4) is 5.75 Å². The third kappa shape index (κ3) is 5.28. The number of benzene rings is 1. The number of methoxy groups -OCH3 is 1. The summed E-state index contributed by atoms with van der Waals surface area (Å²) in [6, 6.07) is 17.1. The second-order valence-electron chi connectivity index (χ2n) is 5.92. The van der Waals surface area contributed by atoms with Crippen LogP contribution in [0.2, 0.25) is 0 Å². The van der Waals surface area contributed by atoms with E-state index >= 15 is 0 Å². The molecule has 0 aliphatic rings. The number of hydrogen-bond acceptors (Lipinski definition) is 5. The minimum atomic E-state index is -0.221. The normalized spacial score (nSPS) is 10.3. The lowest BCUT2D eigenvalue weighted by molar-refractivity contribution is 0.0945. The van der Waals surface area contributed by atoms with Crippen molar-refractivity contribution in [3.63, 3.8) is 0 Å². The van der Waals surface area contributed by atoms with Crippen LogP contribution in [0.4, 0.5) is 5.69 Å². The minimum absolute atomic E-state index is 0.221. The fraction of sp³-hybridized carbons (Fsp3) is 0.190. The average Bonchev–Trinajstić information content (AvgIpc) is 2.73. The van der Waals surface area contributed by atoms with E-state index in [-0.39, 0.29) is 5.91 Å². The fourth-order valence-corrected chi connectivity index (χ4v) is 2.65. The Hall–Kier alpha value is -3.41. The fourth-order valence-electron chi connectivity index (χ4n) is 2.65. The first kappa shape index (κ1) is 18.4. The van der Waals surface area contributed by atoms with Gasteiger partial charge >= 0.3 is 0 Å². The molecule has 6 heteroatoms. The molecule has 0 spiro atoms. The molecule has 0 saturated heterocycles. The molecule has 3 rings (SSSR count). The molecule has 0 saturated carbocycles. The summed E-state index contributed by atoms with van der Waals surface area (Å²) < 4.78 is 5.36. The number of carbonyl (C=O) groups is 1. The molecule has 1 amide bonds. The summed E-state index contributed by atoms with van der Waals surface area (Å²) in [5, 5.41) is 6.12. The Bertz CT molecular complexity index is 867. The molecule has 6 nitrogen and oxygen atoms in total. The monoisotopic (exact) mass is 362 g/mol. The summed E-state index contributed by atoms with van der Waals surface area (Å²) in [4.78, 5) is 20.6. The van der Waals surface area contributed by atoms with E-state index in [9.17, 15) is 4.79 Å². The number of aromatic nitrogens is 2. The number of rotatable bonds is 8. The molecule has 1 aromatic carbocycles. The van der Waals surface area contributed by atoms with E-state index in [1.54, 1.807) is 25.6 Å². The van der Waals surface area contributed by atoms with E-state index in [4.69, 9.17) is 4.74 Å². The third-order valence-corrected chi connectivity index (χ3v) is 4.07. The maximum Gasteiger partial charge on any atom is 0.270 e. The molecule has 0 unspecified atom stereocenters. The van der Waals surface area contributed by atoms with Crippen LogP contribution < -0.4 is 15.4 Å². The van der Waals surface area contributed by atoms with Crippen LogP contribution in [0.1, 0.15) is 21.7 Å². The lowest BCUT2D eigenvalue weighted by Gasteiger charge is -2.10. The number of pyridine rings is 2. The van der Waals surface area contributed by atoms with Gasteiger partial charge in [-0.25, -0.2) is 4.98 Å². The van der Waals surface area contributed by atoms with Crippen LogP contribution in [0, 0.1) is 0 Å². The number of anilines is 1. The molecule has 0 bridgehead atoms. The van der Waals surface area contributed by atoms with E-state index in [0.717, 1.165) is 35.7 Å². The molecule has 2 aromatic heterocycles. The maximum atomic E-state index is 12.2. The summed E-state index contributed by atoms with van der Waals surface area (Å²) in [5.41, 5.74) is 3.19. The summed E-state index contributed by atoms with van der Waals surface area (Å²) in [5.74, 6) is 0.665. The maximum absolute atomic E-state index is 12.2. The van der Waals surface area contributed by atoms with Gasteiger partial charge < -0.3 is 15.4 Å². The topological polar surface area (TPSA) is 76.1 Å². The van der Waals surface area contributed by atoms with Gasteiger partial charge in [0.15, 0.2) is 0 Å². The van der Waals surface area contributed by atoms with Crippen molar-refractivity contribution in [1.82, 2.24) is 15.3 Å². The van der Waals surface area contributed by atoms with Crippen molar-refractivity contribution in [2.45, 2.75) is 13.0 Å². The molecular weight excluding hydrogens is 340 g/mol. The van der Waals surface area contributed by atoms with E-state index in [2.05, 4.69) is 20.6 Å². The van der Waals surface area contributed by atoms with Gasteiger partial charge in [0.1, 0.15) is 11.4 Å². The second-order valence-corrected chi connectivity index (χ2v) is 5.92. The highest BCUT2D eigenvalue weighted by Gasteiger charge is 2.07. The van der Waals surface area contributed by atoms with Crippen LogP contribution in [0.3, 0.4) is 0 Å². The first-order valence-corrected chi connectivity index (χ1v) is 8.76. The van der Waals surface area contributed by atoms with Gasteiger partial charge in [0.25, 0.3) is 5.91 Å². The predicted molar refractivity (Wildman–Crippen MR) is 105 cm³/mol. The van der Waals surface area contributed by atoms with Gasteiger partial charge in [-0.05, 0) is 42.3 Å². The van der Waals surface area contributed by atoms with E-state index in [0.29, 0.717) is 12.2 Å². The lowest BCUT2D eigenvalue weighted by Crippen LogP contribution is -2.24. The van der Waals surface area contributed by atoms with Crippen LogP contribution >= 0.6 is 0 Å². The first-order valence-electron chi connectivity index (χ1n) is 8.76. The molecule has 27 heavy (non-hydrogen) atoms. The highest BCUT2D eigenvalue weighted by molar-refractivity contribution is 5.92. The number of carbonyl (C=O) groups excluding carboxylic acids is 1. The van der Waals surface area contributed by atoms with Crippen LogP contribution in [-0.4, -0.2) is 29.5 Å². The zero-order valence-electron chi connectivity index (χ0n) is 15.2. The van der Waals surface area contributed by atoms with Gasteiger partial charge in [-0.3, -0.25) is 9.78 Å². The van der Waals surface area contributed by atoms with E-state index in [1.165, 1.54) is 0 Å². The van der Waals surface area contributed by atoms with Gasteiger partial charge in [-0.15, -0.1) is 0 Å². The zero-order valence-corrected chi connectivity index (χ0v) is 15.2. The third-order valence-electron chi connectivity index (χ3n) is 4.07. The molecule has 0 atom stereocenters. The van der Waals surface area contributed by atoms with Gasteiger partial charge in [-0.1, -0.05) is 24.3 Å². The molecule has 0 radical (unpaired) electrons. The molecule has 0 fully saturated rings. The van der Waals surface area contributed by atoms with Crippen molar-refractivity contribution in [3.05, 3.63) is 83.9 Å². The minimum Gasteiger partial charge on any atom is -0.496 e. The number of hydrogen-bond donors (Lipinski definition) is 2. The van der Waals surface area contributed by atoms with Crippen molar-refractivity contribution >= 4 is 11.6 Å². The Morgan fingerprint density at radius 2 is 1.89 bits per heavy atom.